The highest BCUT2D eigenvalue weighted by atomic mass is 16.5. The van der Waals surface area contributed by atoms with Crippen LogP contribution in [-0.4, -0.2) is 24.7 Å². The summed E-state index contributed by atoms with van der Waals surface area (Å²) < 4.78 is 13.1. The molecule has 134 valence electrons. The number of rotatable bonds is 4. The minimum atomic E-state index is -0.593. The summed E-state index contributed by atoms with van der Waals surface area (Å²) in [5, 5.41) is 4.18. The molecule has 0 saturated carbocycles. The Morgan fingerprint density at radius 2 is 1.93 bits per heavy atom. The number of hydrogen-bond acceptors (Lipinski definition) is 3. The molecule has 0 fully saturated rings. The lowest BCUT2D eigenvalue weighted by Crippen LogP contribution is -2.12. The molecular formula is C20H16N4O3. The van der Waals surface area contributed by atoms with Gasteiger partial charge in [0.2, 0.25) is 5.91 Å². The van der Waals surface area contributed by atoms with E-state index in [2.05, 4.69) is 10.0 Å². The number of carbonyl (C=O) groups is 1. The highest BCUT2D eigenvalue weighted by molar-refractivity contribution is 6.09. The monoisotopic (exact) mass is 360 g/mol. The molecule has 7 nitrogen and oxygen atoms in total. The predicted molar refractivity (Wildman–Crippen MR) is 103 cm³/mol. The molecule has 0 N–H and O–H groups in total. The standard InChI is InChI=1S/C20H16N4O3/c1-26-16-9-17(27-2)18-15(12-6-4-3-5-7-12)11-24-10-13(20(25)22-23-21)8-14(16)19(18)24/h3-9,11H,10H2,1-2H3. The van der Waals surface area contributed by atoms with E-state index in [9.17, 15) is 4.79 Å². The van der Waals surface area contributed by atoms with Crippen molar-refractivity contribution in [1.82, 2.24) is 4.57 Å². The number of aromatic nitrogens is 1. The lowest BCUT2D eigenvalue weighted by atomic mass is 9.99. The van der Waals surface area contributed by atoms with Gasteiger partial charge in [-0.1, -0.05) is 30.3 Å². The van der Waals surface area contributed by atoms with E-state index in [4.69, 9.17) is 15.0 Å². The van der Waals surface area contributed by atoms with Gasteiger partial charge in [0.1, 0.15) is 11.5 Å². The number of benzene rings is 2. The van der Waals surface area contributed by atoms with Gasteiger partial charge in [-0.15, -0.1) is 0 Å². The summed E-state index contributed by atoms with van der Waals surface area (Å²) in [7, 11) is 3.19. The Morgan fingerprint density at radius 1 is 1.19 bits per heavy atom. The maximum absolute atomic E-state index is 12.2. The minimum absolute atomic E-state index is 0.310. The molecule has 0 spiro atoms. The van der Waals surface area contributed by atoms with Crippen molar-refractivity contribution in [2.75, 3.05) is 14.2 Å². The molecule has 0 radical (unpaired) electrons. The Balaban J connectivity index is 2.05. The maximum atomic E-state index is 12.2. The summed E-state index contributed by atoms with van der Waals surface area (Å²) >= 11 is 0. The van der Waals surface area contributed by atoms with Crippen molar-refractivity contribution in [1.29, 1.82) is 0 Å². The Labute approximate surface area is 155 Å². The Hall–Kier alpha value is -3.70. The summed E-state index contributed by atoms with van der Waals surface area (Å²) in [6, 6.07) is 11.8. The van der Waals surface area contributed by atoms with E-state index in [1.807, 2.05) is 47.2 Å². The number of nitrogens with zero attached hydrogens (tertiary/aromatic N) is 4. The van der Waals surface area contributed by atoms with Crippen LogP contribution in [0.25, 0.3) is 38.5 Å². The van der Waals surface area contributed by atoms with Gasteiger partial charge in [0.15, 0.2) is 0 Å². The third-order valence-corrected chi connectivity index (χ3v) is 4.70. The molecule has 0 bridgehead atoms. The average molecular weight is 360 g/mol. The van der Waals surface area contributed by atoms with Crippen LogP contribution in [0.2, 0.25) is 0 Å². The third kappa shape index (κ3) is 2.61. The molecule has 2 aromatic carbocycles. The fourth-order valence-electron chi connectivity index (χ4n) is 3.55. The van der Waals surface area contributed by atoms with Gasteiger partial charge in [-0.2, -0.15) is 0 Å². The first kappa shape index (κ1) is 16.8. The van der Waals surface area contributed by atoms with Crippen LogP contribution in [-0.2, 0) is 11.3 Å². The fourth-order valence-corrected chi connectivity index (χ4v) is 3.55. The molecule has 2 heterocycles. The van der Waals surface area contributed by atoms with Gasteiger partial charge in [-0.3, -0.25) is 4.79 Å². The Morgan fingerprint density at radius 3 is 2.59 bits per heavy atom. The van der Waals surface area contributed by atoms with Crippen molar-refractivity contribution < 1.29 is 14.3 Å². The molecule has 0 atom stereocenters. The summed E-state index contributed by atoms with van der Waals surface area (Å²) in [4.78, 5) is 14.8. The zero-order valence-electron chi connectivity index (χ0n) is 14.8. The second-order valence-electron chi connectivity index (χ2n) is 6.12. The highest BCUT2D eigenvalue weighted by Crippen LogP contribution is 2.45. The van der Waals surface area contributed by atoms with Crippen LogP contribution in [0.3, 0.4) is 0 Å². The van der Waals surface area contributed by atoms with E-state index in [1.165, 1.54) is 0 Å². The topological polar surface area (TPSA) is 89.2 Å². The number of carbonyl (C=O) groups excluding carboxylic acids is 1. The van der Waals surface area contributed by atoms with Crippen molar-refractivity contribution in [3.63, 3.8) is 0 Å². The van der Waals surface area contributed by atoms with Crippen molar-refractivity contribution in [3.05, 3.63) is 64.2 Å². The van der Waals surface area contributed by atoms with Crippen LogP contribution in [0, 0.1) is 0 Å². The molecule has 1 aliphatic rings. The first-order valence-electron chi connectivity index (χ1n) is 8.31. The van der Waals surface area contributed by atoms with Crippen LogP contribution >= 0.6 is 0 Å². The van der Waals surface area contributed by atoms with Crippen molar-refractivity contribution in [3.8, 4) is 22.6 Å². The lowest BCUT2D eigenvalue weighted by molar-refractivity contribution is -0.114. The van der Waals surface area contributed by atoms with Gasteiger partial charge in [0, 0.05) is 33.9 Å². The van der Waals surface area contributed by atoms with E-state index in [1.54, 1.807) is 20.3 Å². The van der Waals surface area contributed by atoms with Gasteiger partial charge in [-0.25, -0.2) is 0 Å². The number of amides is 1. The van der Waals surface area contributed by atoms with Gasteiger partial charge >= 0.3 is 0 Å². The molecule has 3 aromatic rings. The highest BCUT2D eigenvalue weighted by Gasteiger charge is 2.25. The Bertz CT molecular complexity index is 1140. The second kappa shape index (κ2) is 6.55. The van der Waals surface area contributed by atoms with Crippen LogP contribution in [0.15, 0.2) is 53.3 Å². The number of ether oxygens (including phenoxy) is 2. The van der Waals surface area contributed by atoms with Gasteiger partial charge in [0.05, 0.1) is 31.7 Å². The maximum Gasteiger partial charge on any atom is 0.246 e. The molecule has 0 saturated heterocycles. The smallest absolute Gasteiger partial charge is 0.246 e. The molecule has 1 aromatic heterocycles. The number of azide groups is 1. The normalized spacial score (nSPS) is 12.3. The van der Waals surface area contributed by atoms with E-state index in [0.29, 0.717) is 23.6 Å². The van der Waals surface area contributed by atoms with Crippen LogP contribution in [0.5, 0.6) is 11.5 Å². The van der Waals surface area contributed by atoms with Crippen molar-refractivity contribution >= 4 is 22.9 Å². The minimum Gasteiger partial charge on any atom is -0.496 e. The van der Waals surface area contributed by atoms with E-state index in [0.717, 1.165) is 27.6 Å². The largest absolute Gasteiger partial charge is 0.496 e. The van der Waals surface area contributed by atoms with Crippen LogP contribution < -0.4 is 9.47 Å². The molecule has 7 heteroatoms. The summed E-state index contributed by atoms with van der Waals surface area (Å²) in [6.07, 6.45) is 3.72. The van der Waals surface area contributed by atoms with Gasteiger partial charge < -0.3 is 14.0 Å². The predicted octanol–water partition coefficient (Wildman–Crippen LogP) is 4.56. The molecule has 0 aliphatic carbocycles. The van der Waals surface area contributed by atoms with E-state index >= 15 is 0 Å². The SMILES string of the molecule is COc1cc(OC)c2c(-c3ccccc3)cn3c2c1C=C(C(=O)N=[N+]=[N-])C3. The van der Waals surface area contributed by atoms with Gasteiger partial charge in [0.25, 0.3) is 0 Å². The Kier molecular flexibility index (Phi) is 4.06. The quantitative estimate of drug-likeness (QED) is 0.388. The lowest BCUT2D eigenvalue weighted by Gasteiger charge is -2.18. The molecule has 1 amide bonds. The van der Waals surface area contributed by atoms with Crippen molar-refractivity contribution in [2.24, 2.45) is 5.11 Å². The summed E-state index contributed by atoms with van der Waals surface area (Å²) in [6.45, 7) is 0.310. The molecule has 0 unspecified atom stereocenters. The second-order valence-corrected chi connectivity index (χ2v) is 6.12. The number of hydrogen-bond donors (Lipinski definition) is 0. The van der Waals surface area contributed by atoms with Crippen molar-refractivity contribution in [2.45, 2.75) is 6.54 Å². The average Bonchev–Trinajstić information content (AvgIpc) is 3.09. The first-order chi connectivity index (χ1) is 13.2. The van der Waals surface area contributed by atoms with Crippen LogP contribution in [0.4, 0.5) is 0 Å². The zero-order valence-corrected chi connectivity index (χ0v) is 14.8. The summed E-state index contributed by atoms with van der Waals surface area (Å²) in [5.41, 5.74) is 12.7. The zero-order chi connectivity index (χ0) is 19.0. The first-order valence-corrected chi connectivity index (χ1v) is 8.31. The molecule has 4 rings (SSSR count). The van der Waals surface area contributed by atoms with E-state index in [-0.39, 0.29) is 0 Å². The van der Waals surface area contributed by atoms with E-state index < -0.39 is 5.91 Å². The van der Waals surface area contributed by atoms with Gasteiger partial charge in [-0.05, 0) is 22.3 Å². The molecular weight excluding hydrogens is 344 g/mol. The third-order valence-electron chi connectivity index (χ3n) is 4.70. The molecule has 27 heavy (non-hydrogen) atoms. The molecule has 1 aliphatic heterocycles. The van der Waals surface area contributed by atoms with Crippen LogP contribution in [0.1, 0.15) is 5.56 Å². The summed E-state index contributed by atoms with van der Waals surface area (Å²) in [5.74, 6) is 0.690. The number of methoxy groups -OCH3 is 2. The fraction of sp³-hybridized carbons (Fsp3) is 0.150.